The van der Waals surface area contributed by atoms with Gasteiger partial charge in [-0.05, 0) is 93.7 Å². The summed E-state index contributed by atoms with van der Waals surface area (Å²) in [5, 5.41) is 44.8. The standard InChI is InChI=1S/C52H89N3O15/c1-16-25-53-49(59)69-43-38(55(13)14)27-31(4)64-48(43)70-45-33(6)42(68-40-29-51(11,62-15)46(35(8)65-40)66-36(9)56)34(7)47(58)67-39(17-2)52(12,61)44(57)32(5)41(30(3)28-50(45,10)60)54-63-26-21-24-37-22-19-18-20-23-37/h1,30-35,37-40,42-46,48,57,60-61H,17-29H2,2-15H3,(H,53,59)/b54-41+/t30-,31-,32-,33+,34-,35+,38+,39+,40+,42+,43-,44-,45-,46+,48?,50?,51-,52-/m1/s1. The minimum atomic E-state index is -1.97. The van der Waals surface area contributed by atoms with E-state index in [2.05, 4.69) is 16.4 Å². The second-order valence-corrected chi connectivity index (χ2v) is 21.6. The van der Waals surface area contributed by atoms with Crippen LogP contribution in [-0.2, 0) is 52.3 Å². The summed E-state index contributed by atoms with van der Waals surface area (Å²) in [6.45, 7) is 18.8. The van der Waals surface area contributed by atoms with E-state index in [9.17, 15) is 29.7 Å². The second kappa shape index (κ2) is 26.2. The van der Waals surface area contributed by atoms with E-state index >= 15 is 0 Å². The Morgan fingerprint density at radius 1 is 0.943 bits per heavy atom. The number of likely N-dealkylation sites (N-methyl/N-ethyl adjacent to an activating group) is 1. The van der Waals surface area contributed by atoms with E-state index in [-0.39, 0.29) is 25.8 Å². The molecule has 4 rings (SSSR count). The Morgan fingerprint density at radius 3 is 2.21 bits per heavy atom. The molecule has 1 amide bonds. The number of nitrogens with one attached hydrogen (secondary N) is 1. The normalized spacial score (nSPS) is 41.2. The molecule has 0 spiro atoms. The van der Waals surface area contributed by atoms with E-state index in [0.717, 1.165) is 12.8 Å². The average Bonchev–Trinajstić information content (AvgIpc) is 3.29. The highest BCUT2D eigenvalue weighted by molar-refractivity contribution is 5.88. The van der Waals surface area contributed by atoms with Crippen molar-refractivity contribution in [1.82, 2.24) is 10.2 Å². The molecule has 0 aromatic rings. The molecule has 0 aromatic heterocycles. The van der Waals surface area contributed by atoms with Gasteiger partial charge in [0, 0.05) is 38.2 Å². The van der Waals surface area contributed by atoms with E-state index in [1.807, 2.05) is 32.8 Å². The highest BCUT2D eigenvalue weighted by atomic mass is 16.7. The summed E-state index contributed by atoms with van der Waals surface area (Å²) in [6.07, 6.45) is 2.84. The number of aliphatic hydroxyl groups excluding tert-OH is 1. The maximum Gasteiger partial charge on any atom is 0.408 e. The Hall–Kier alpha value is -3.12. The zero-order valence-electron chi connectivity index (χ0n) is 44.6. The lowest BCUT2D eigenvalue weighted by molar-refractivity contribution is -0.318. The summed E-state index contributed by atoms with van der Waals surface area (Å²) in [4.78, 5) is 48.1. The Labute approximate surface area is 417 Å². The number of nitrogens with zero attached hydrogens (tertiary/aromatic N) is 2. The fraction of sp³-hybridized carbons (Fsp3) is 0.885. The topological polar surface area (TPSA) is 223 Å². The van der Waals surface area contributed by atoms with Crippen LogP contribution in [0.1, 0.15) is 147 Å². The summed E-state index contributed by atoms with van der Waals surface area (Å²) in [5.41, 5.74) is -4.52. The van der Waals surface area contributed by atoms with Crippen LogP contribution < -0.4 is 5.32 Å². The number of carbonyl (C=O) groups excluding carboxylic acids is 3. The molecule has 0 aromatic carbocycles. The molecular weight excluding hydrogens is 907 g/mol. The molecule has 3 aliphatic heterocycles. The van der Waals surface area contributed by atoms with E-state index in [0.29, 0.717) is 24.7 Å². The van der Waals surface area contributed by atoms with Crippen molar-refractivity contribution in [3.63, 3.8) is 0 Å². The van der Waals surface area contributed by atoms with Crippen LogP contribution in [0.15, 0.2) is 5.16 Å². The monoisotopic (exact) mass is 996 g/mol. The molecule has 4 fully saturated rings. The Morgan fingerprint density at radius 2 is 1.61 bits per heavy atom. The number of aliphatic hydroxyl groups is 3. The van der Waals surface area contributed by atoms with Crippen molar-refractivity contribution >= 4 is 23.7 Å². The molecule has 1 saturated carbocycles. The Balaban J connectivity index is 1.88. The van der Waals surface area contributed by atoms with Crippen LogP contribution in [0.3, 0.4) is 0 Å². The van der Waals surface area contributed by atoms with Gasteiger partial charge in [-0.15, -0.1) is 6.42 Å². The van der Waals surface area contributed by atoms with Gasteiger partial charge in [-0.1, -0.05) is 70.9 Å². The van der Waals surface area contributed by atoms with Gasteiger partial charge in [0.1, 0.15) is 23.9 Å². The first-order valence-electron chi connectivity index (χ1n) is 25.7. The van der Waals surface area contributed by atoms with Crippen molar-refractivity contribution in [2.45, 2.75) is 231 Å². The lowest BCUT2D eigenvalue weighted by Crippen LogP contribution is -2.62. The lowest BCUT2D eigenvalue weighted by atomic mass is 9.73. The molecule has 3 heterocycles. The lowest BCUT2D eigenvalue weighted by Gasteiger charge is -2.49. The number of carbonyl (C=O) groups is 3. The van der Waals surface area contributed by atoms with E-state index < -0.39 is 126 Å². The molecule has 402 valence electrons. The number of oxime groups is 1. The SMILES string of the molecule is C#CCNC(=O)O[C@H]1C(O[C@@H]2[C@@H](C)[C@H](O[C@H]3C[C@@](C)(OC)[C@@H](OC(C)=O)[C@H](C)O3)[C@@H](C)C(=O)O[C@@H](CC)[C@@](C)(O)[C@H](O)[C@H](C)/C(=N/OCCCC3CCCCC3)[C@H](C)CC2(C)O)O[C@H](C)C[C@@H]1N(C)C. The predicted octanol–water partition coefficient (Wildman–Crippen LogP) is 5.89. The fourth-order valence-electron chi connectivity index (χ4n) is 11.4. The third-order valence-electron chi connectivity index (χ3n) is 15.4. The van der Waals surface area contributed by atoms with E-state index in [1.54, 1.807) is 48.5 Å². The van der Waals surface area contributed by atoms with Crippen molar-refractivity contribution in [3.8, 4) is 12.3 Å². The largest absolute Gasteiger partial charge is 0.459 e. The molecular formula is C52H89N3O15. The number of hydrogen-bond acceptors (Lipinski definition) is 17. The van der Waals surface area contributed by atoms with Gasteiger partial charge in [0.25, 0.3) is 0 Å². The molecule has 2 unspecified atom stereocenters. The molecule has 4 N–H and O–H groups in total. The van der Waals surface area contributed by atoms with Crippen LogP contribution in [0, 0.1) is 41.9 Å². The number of esters is 2. The minimum absolute atomic E-state index is 0.0371. The maximum atomic E-state index is 14.7. The molecule has 3 saturated heterocycles. The smallest absolute Gasteiger partial charge is 0.408 e. The molecule has 4 aliphatic rings. The average molecular weight is 996 g/mol. The summed E-state index contributed by atoms with van der Waals surface area (Å²) in [5.74, 6) is -1.76. The number of terminal acetylenes is 1. The summed E-state index contributed by atoms with van der Waals surface area (Å²) >= 11 is 0. The van der Waals surface area contributed by atoms with Crippen molar-refractivity contribution in [2.75, 3.05) is 34.4 Å². The molecule has 0 radical (unpaired) electrons. The predicted molar refractivity (Wildman–Crippen MR) is 261 cm³/mol. The van der Waals surface area contributed by atoms with Crippen LogP contribution >= 0.6 is 0 Å². The first-order chi connectivity index (χ1) is 32.8. The second-order valence-electron chi connectivity index (χ2n) is 21.6. The molecule has 18 atom stereocenters. The number of methoxy groups -OCH3 is 1. The van der Waals surface area contributed by atoms with Gasteiger partial charge in [0.15, 0.2) is 24.8 Å². The molecule has 0 bridgehead atoms. The Bertz CT molecular complexity index is 1750. The maximum absolute atomic E-state index is 14.7. The molecule has 70 heavy (non-hydrogen) atoms. The van der Waals surface area contributed by atoms with Gasteiger partial charge in [-0.25, -0.2) is 4.79 Å². The van der Waals surface area contributed by atoms with Gasteiger partial charge in [-0.3, -0.25) is 9.59 Å². The summed E-state index contributed by atoms with van der Waals surface area (Å²) in [7, 11) is 5.21. The van der Waals surface area contributed by atoms with Crippen LogP contribution in [0.5, 0.6) is 0 Å². The van der Waals surface area contributed by atoms with Crippen LogP contribution in [0.2, 0.25) is 0 Å². The van der Waals surface area contributed by atoms with Crippen LogP contribution in [-0.4, -0.2) is 163 Å². The van der Waals surface area contributed by atoms with Crippen molar-refractivity contribution in [3.05, 3.63) is 0 Å². The number of amides is 1. The number of hydrogen-bond donors (Lipinski definition) is 4. The number of ether oxygens (including phenoxy) is 8. The van der Waals surface area contributed by atoms with E-state index in [4.69, 9.17) is 49.2 Å². The van der Waals surface area contributed by atoms with Crippen molar-refractivity contribution in [2.24, 2.45) is 34.7 Å². The third-order valence-corrected chi connectivity index (χ3v) is 15.4. The zero-order chi connectivity index (χ0) is 52.3. The number of rotatable bonds is 15. The van der Waals surface area contributed by atoms with Gasteiger partial charge in [0.2, 0.25) is 0 Å². The van der Waals surface area contributed by atoms with Crippen LogP contribution in [0.25, 0.3) is 0 Å². The van der Waals surface area contributed by atoms with Gasteiger partial charge >= 0.3 is 18.0 Å². The third kappa shape index (κ3) is 15.2. The number of alkyl carbamates (subject to hydrolysis) is 1. The van der Waals surface area contributed by atoms with E-state index in [1.165, 1.54) is 53.1 Å². The first kappa shape index (κ1) is 59.4. The number of cyclic esters (lactones) is 1. The van der Waals surface area contributed by atoms with Crippen molar-refractivity contribution < 1.29 is 72.4 Å². The van der Waals surface area contributed by atoms with Crippen molar-refractivity contribution in [1.29, 1.82) is 0 Å². The fourth-order valence-corrected chi connectivity index (χ4v) is 11.4. The molecule has 18 nitrogen and oxygen atoms in total. The van der Waals surface area contributed by atoms with Crippen LogP contribution in [0.4, 0.5) is 4.79 Å². The zero-order valence-corrected chi connectivity index (χ0v) is 44.6. The quantitative estimate of drug-likeness (QED) is 0.0494. The minimum Gasteiger partial charge on any atom is -0.459 e. The Kier molecular flexibility index (Phi) is 22.2. The summed E-state index contributed by atoms with van der Waals surface area (Å²) in [6, 6.07) is -0.409. The van der Waals surface area contributed by atoms with Gasteiger partial charge in [-0.2, -0.15) is 0 Å². The molecule has 1 aliphatic carbocycles. The van der Waals surface area contributed by atoms with Gasteiger partial charge < -0.3 is 68.3 Å². The summed E-state index contributed by atoms with van der Waals surface area (Å²) < 4.78 is 50.7. The first-order valence-corrected chi connectivity index (χ1v) is 25.7. The highest BCUT2D eigenvalue weighted by Gasteiger charge is 2.54. The molecule has 18 heteroatoms. The van der Waals surface area contributed by atoms with Gasteiger partial charge in [0.05, 0.1) is 60.3 Å². The highest BCUT2D eigenvalue weighted by Crippen LogP contribution is 2.42.